The van der Waals surface area contributed by atoms with Crippen molar-refractivity contribution in [3.05, 3.63) is 77.7 Å². The molecule has 0 radical (unpaired) electrons. The number of hydrogen-bond donors (Lipinski definition) is 0. The number of para-hydroxylation sites is 1. The van der Waals surface area contributed by atoms with Gasteiger partial charge in [-0.1, -0.05) is 49.1 Å². The molecule has 2 aromatic rings. The Morgan fingerprint density at radius 1 is 1.25 bits per heavy atom. The first kappa shape index (κ1) is 16.4. The van der Waals surface area contributed by atoms with Gasteiger partial charge in [-0.3, -0.25) is 2.78 Å². The summed E-state index contributed by atoms with van der Waals surface area (Å²) in [6.07, 6.45) is 10.7. The molecule has 0 saturated heterocycles. The molecule has 4 rings (SSSR count). The van der Waals surface area contributed by atoms with Gasteiger partial charge in [0, 0.05) is 22.6 Å². The zero-order valence-electron chi connectivity index (χ0n) is 13.6. The molecule has 122 valence electrons. The molecule has 2 aliphatic rings. The number of nitrogens with zero attached hydrogens (tertiary/aromatic N) is 2. The van der Waals surface area contributed by atoms with Crippen LogP contribution in [0.25, 0.3) is 17.0 Å². The molecule has 0 bridgehead atoms. The Hall–Kier alpha value is -1.02. The second-order valence-corrected chi connectivity index (χ2v) is 8.42. The van der Waals surface area contributed by atoms with E-state index in [2.05, 4.69) is 115 Å². The third kappa shape index (κ3) is 1.98. The van der Waals surface area contributed by atoms with Crippen LogP contribution in [-0.2, 0) is 5.54 Å². The molecule has 2 atom stereocenters. The number of allylic oxidation sites excluding steroid dienone is 3. The van der Waals surface area contributed by atoms with Gasteiger partial charge >= 0.3 is 0 Å². The average molecular weight is 540 g/mol. The molecule has 24 heavy (non-hydrogen) atoms. The topological polar surface area (TPSA) is 8.17 Å². The monoisotopic (exact) mass is 540 g/mol. The highest BCUT2D eigenvalue weighted by Crippen LogP contribution is 2.56. The molecule has 0 amide bonds. The smallest absolute Gasteiger partial charge is 0.0985 e. The van der Waals surface area contributed by atoms with Crippen LogP contribution in [0.2, 0.25) is 0 Å². The van der Waals surface area contributed by atoms with Crippen molar-refractivity contribution in [3.63, 3.8) is 0 Å². The van der Waals surface area contributed by atoms with Crippen LogP contribution in [0, 0.1) is 5.92 Å². The molecule has 2 heterocycles. The van der Waals surface area contributed by atoms with Crippen molar-refractivity contribution in [2.75, 3.05) is 0 Å². The fraction of sp³-hybridized carbons (Fsp3) is 0.200. The normalized spacial score (nSPS) is 25.7. The summed E-state index contributed by atoms with van der Waals surface area (Å²) in [5, 5.41) is 1.33. The van der Waals surface area contributed by atoms with Gasteiger partial charge in [0.1, 0.15) is 0 Å². The van der Waals surface area contributed by atoms with Gasteiger partial charge in [0.2, 0.25) is 0 Å². The Labute approximate surface area is 170 Å². The Bertz CT molecular complexity index is 948. The fourth-order valence-electron chi connectivity index (χ4n) is 4.10. The lowest BCUT2D eigenvalue weighted by atomic mass is 9.76. The first-order valence-corrected chi connectivity index (χ1v) is 9.89. The van der Waals surface area contributed by atoms with Crippen LogP contribution in [-0.4, -0.2) is 5.89 Å². The predicted molar refractivity (Wildman–Crippen MR) is 119 cm³/mol. The number of hydrogen-bond acceptors (Lipinski definition) is 1. The number of aromatic nitrogens is 1. The van der Waals surface area contributed by atoms with Gasteiger partial charge in [0.15, 0.2) is 0 Å². The number of benzene rings is 1. The quantitative estimate of drug-likeness (QED) is 0.244. The molecule has 4 heteroatoms. The minimum atomic E-state index is -0.0875. The lowest BCUT2D eigenvalue weighted by Gasteiger charge is -2.40. The summed E-state index contributed by atoms with van der Waals surface area (Å²) >= 11 is 4.93. The Balaban J connectivity index is 1.99. The zero-order chi connectivity index (χ0) is 17.1. The highest BCUT2D eigenvalue weighted by atomic mass is 127. The van der Waals surface area contributed by atoms with Crippen molar-refractivity contribution in [1.82, 2.24) is 5.89 Å². The van der Waals surface area contributed by atoms with Crippen molar-refractivity contribution in [1.29, 1.82) is 0 Å². The largest absolute Gasteiger partial charge is 0.302 e. The summed E-state index contributed by atoms with van der Waals surface area (Å²) in [7, 11) is 0. The Kier molecular flexibility index (Phi) is 3.95. The van der Waals surface area contributed by atoms with Crippen LogP contribution in [0.5, 0.6) is 0 Å². The summed E-state index contributed by atoms with van der Waals surface area (Å²) in [6, 6.07) is 8.67. The highest BCUT2D eigenvalue weighted by Gasteiger charge is 2.51. The maximum absolute atomic E-state index is 3.81. The lowest BCUT2D eigenvalue weighted by Crippen LogP contribution is -2.40. The van der Waals surface area contributed by atoms with Gasteiger partial charge in [-0.25, -0.2) is 0 Å². The van der Waals surface area contributed by atoms with E-state index in [1.165, 1.54) is 33.4 Å². The van der Waals surface area contributed by atoms with Crippen molar-refractivity contribution >= 4 is 62.7 Å². The summed E-state index contributed by atoms with van der Waals surface area (Å²) in [4.78, 5) is 0. The van der Waals surface area contributed by atoms with E-state index >= 15 is 0 Å². The van der Waals surface area contributed by atoms with Gasteiger partial charge in [-0.05, 0) is 31.6 Å². The fourth-order valence-corrected chi connectivity index (χ4v) is 6.33. The maximum Gasteiger partial charge on any atom is 0.0985 e. The highest BCUT2D eigenvalue weighted by molar-refractivity contribution is 14.1. The van der Waals surface area contributed by atoms with Gasteiger partial charge < -0.3 is 3.11 Å². The first-order valence-electron chi connectivity index (χ1n) is 7.96. The molecule has 1 aromatic carbocycles. The van der Waals surface area contributed by atoms with E-state index in [0.717, 1.165) is 0 Å². The number of fused-ring (bicyclic) bond motifs is 5. The molecular formula is C20H18I2N2. The molecular weight excluding hydrogens is 522 g/mol. The van der Waals surface area contributed by atoms with Gasteiger partial charge in [0.25, 0.3) is 0 Å². The van der Waals surface area contributed by atoms with E-state index in [9.17, 15) is 0 Å². The molecule has 1 aromatic heterocycles. The second-order valence-electron chi connectivity index (χ2n) is 6.49. The SMILES string of the molecule is C=C/C=C\C1=C(C)C2C=Cc3c(n(I)c4ccccc34)C2(C)N1I. The summed E-state index contributed by atoms with van der Waals surface area (Å²) in [5.74, 6) is 0.379. The zero-order valence-corrected chi connectivity index (χ0v) is 17.9. The first-order chi connectivity index (χ1) is 11.5. The Morgan fingerprint density at radius 3 is 2.75 bits per heavy atom. The van der Waals surface area contributed by atoms with E-state index < -0.39 is 0 Å². The van der Waals surface area contributed by atoms with E-state index in [1.807, 2.05) is 12.2 Å². The third-order valence-electron chi connectivity index (χ3n) is 5.28. The summed E-state index contributed by atoms with van der Waals surface area (Å²) < 4.78 is 4.75. The van der Waals surface area contributed by atoms with E-state index in [1.54, 1.807) is 0 Å². The van der Waals surface area contributed by atoms with Crippen molar-refractivity contribution in [2.24, 2.45) is 5.92 Å². The average Bonchev–Trinajstić information content (AvgIpc) is 2.98. The van der Waals surface area contributed by atoms with Gasteiger partial charge in [-0.2, -0.15) is 0 Å². The van der Waals surface area contributed by atoms with Crippen molar-refractivity contribution < 1.29 is 0 Å². The van der Waals surface area contributed by atoms with Crippen LogP contribution in [0.15, 0.2) is 66.4 Å². The number of rotatable bonds is 2. The molecule has 0 spiro atoms. The van der Waals surface area contributed by atoms with Gasteiger partial charge in [0.05, 0.1) is 62.5 Å². The van der Waals surface area contributed by atoms with E-state index in [4.69, 9.17) is 0 Å². The second kappa shape index (κ2) is 5.76. The minimum absolute atomic E-state index is 0.0875. The number of halogens is 2. The van der Waals surface area contributed by atoms with Crippen LogP contribution in [0.3, 0.4) is 0 Å². The van der Waals surface area contributed by atoms with Gasteiger partial charge in [-0.15, -0.1) is 0 Å². The molecule has 1 aliphatic carbocycles. The van der Waals surface area contributed by atoms with Crippen LogP contribution in [0.4, 0.5) is 0 Å². The molecule has 2 nitrogen and oxygen atoms in total. The minimum Gasteiger partial charge on any atom is -0.302 e. The van der Waals surface area contributed by atoms with E-state index in [-0.39, 0.29) is 5.54 Å². The maximum atomic E-state index is 3.81. The van der Waals surface area contributed by atoms with Crippen LogP contribution >= 0.6 is 45.7 Å². The van der Waals surface area contributed by atoms with Crippen LogP contribution in [0.1, 0.15) is 25.1 Å². The Morgan fingerprint density at radius 2 is 2.00 bits per heavy atom. The lowest BCUT2D eigenvalue weighted by molar-refractivity contribution is 0.273. The molecule has 0 N–H and O–H groups in total. The molecule has 1 aliphatic heterocycles. The van der Waals surface area contributed by atoms with Crippen molar-refractivity contribution in [2.45, 2.75) is 19.4 Å². The molecule has 0 fully saturated rings. The summed E-state index contributed by atoms with van der Waals surface area (Å²) in [6.45, 7) is 8.42. The standard InChI is InChI=1S/C20H18I2N2/c1-4-5-9-17-13(2)16-12-11-15-14-8-6-7-10-18(14)23(21)19(15)20(16,3)24(17)22/h4-12,16H,1H2,2-3H3/b9-5-. The molecule has 2 unspecified atom stereocenters. The van der Waals surface area contributed by atoms with Crippen LogP contribution < -0.4 is 0 Å². The molecule has 0 saturated carbocycles. The summed E-state index contributed by atoms with van der Waals surface area (Å²) in [5.41, 5.74) is 6.62. The predicted octanol–water partition coefficient (Wildman–Crippen LogP) is 6.38. The van der Waals surface area contributed by atoms with E-state index in [0.29, 0.717) is 5.92 Å². The van der Waals surface area contributed by atoms with Crippen molar-refractivity contribution in [3.8, 4) is 0 Å². The third-order valence-corrected chi connectivity index (χ3v) is 7.80.